The van der Waals surface area contributed by atoms with Crippen molar-refractivity contribution in [3.8, 4) is 11.5 Å². The molecule has 35 heavy (non-hydrogen) atoms. The van der Waals surface area contributed by atoms with Gasteiger partial charge in [0.25, 0.3) is 5.56 Å². The first-order valence-electron chi connectivity index (χ1n) is 11.6. The Kier molecular flexibility index (Phi) is 5.38. The van der Waals surface area contributed by atoms with Crippen molar-refractivity contribution in [3.63, 3.8) is 0 Å². The molecule has 0 bridgehead atoms. The minimum Gasteiger partial charge on any atom is -0.497 e. The van der Waals surface area contributed by atoms with E-state index in [0.29, 0.717) is 9.33 Å². The van der Waals surface area contributed by atoms with Crippen LogP contribution in [-0.2, 0) is 6.42 Å². The predicted octanol–water partition coefficient (Wildman–Crippen LogP) is 4.34. The molecule has 5 nitrogen and oxygen atoms in total. The lowest BCUT2D eigenvalue weighted by Gasteiger charge is -2.30. The topological polar surface area (TPSA) is 52.8 Å². The summed E-state index contributed by atoms with van der Waals surface area (Å²) in [4.78, 5) is 19.6. The number of ether oxygens (including phenoxy) is 2. The van der Waals surface area contributed by atoms with E-state index < -0.39 is 0 Å². The molecule has 0 radical (unpaired) electrons. The van der Waals surface area contributed by atoms with Crippen LogP contribution in [0, 0.1) is 0 Å². The Balaban J connectivity index is 1.61. The molecule has 6 heteroatoms. The zero-order valence-corrected chi connectivity index (χ0v) is 20.3. The van der Waals surface area contributed by atoms with E-state index in [1.54, 1.807) is 14.2 Å². The number of allylic oxidation sites excluding steroid dienone is 1. The van der Waals surface area contributed by atoms with E-state index >= 15 is 0 Å². The van der Waals surface area contributed by atoms with Gasteiger partial charge in [0.2, 0.25) is 0 Å². The van der Waals surface area contributed by atoms with Gasteiger partial charge in [-0.15, -0.1) is 0 Å². The van der Waals surface area contributed by atoms with Crippen molar-refractivity contribution < 1.29 is 9.47 Å². The van der Waals surface area contributed by atoms with Crippen molar-refractivity contribution >= 4 is 23.1 Å². The largest absolute Gasteiger partial charge is 0.497 e. The van der Waals surface area contributed by atoms with Crippen LogP contribution in [0.1, 0.15) is 34.7 Å². The van der Waals surface area contributed by atoms with E-state index in [4.69, 9.17) is 14.5 Å². The summed E-state index contributed by atoms with van der Waals surface area (Å²) >= 11 is 1.43. The van der Waals surface area contributed by atoms with Crippen molar-refractivity contribution in [2.75, 3.05) is 14.2 Å². The summed E-state index contributed by atoms with van der Waals surface area (Å²) in [5.74, 6) is 1.53. The van der Waals surface area contributed by atoms with Gasteiger partial charge in [0.15, 0.2) is 4.80 Å². The van der Waals surface area contributed by atoms with Crippen molar-refractivity contribution in [1.82, 2.24) is 4.57 Å². The SMILES string of the molecule is COc1ccc([C@H]2C3=C(N=c4s/c(=C\c5ccccc5OC)c(=O)n42)c2ccccc2CC3)cc1. The van der Waals surface area contributed by atoms with Crippen LogP contribution in [0.25, 0.3) is 11.8 Å². The fourth-order valence-electron chi connectivity index (χ4n) is 5.04. The van der Waals surface area contributed by atoms with Gasteiger partial charge < -0.3 is 9.47 Å². The molecule has 1 aliphatic heterocycles. The van der Waals surface area contributed by atoms with Crippen molar-refractivity contribution in [2.24, 2.45) is 4.99 Å². The van der Waals surface area contributed by atoms with Gasteiger partial charge in [-0.2, -0.15) is 0 Å². The van der Waals surface area contributed by atoms with Crippen LogP contribution in [0.15, 0.2) is 88.2 Å². The monoisotopic (exact) mass is 480 g/mol. The van der Waals surface area contributed by atoms with Gasteiger partial charge in [-0.3, -0.25) is 9.36 Å². The van der Waals surface area contributed by atoms with Crippen LogP contribution < -0.4 is 24.4 Å². The molecule has 0 saturated heterocycles. The molecule has 0 unspecified atom stereocenters. The maximum Gasteiger partial charge on any atom is 0.271 e. The lowest BCUT2D eigenvalue weighted by Crippen LogP contribution is -2.38. The minimum atomic E-state index is -0.208. The highest BCUT2D eigenvalue weighted by atomic mass is 32.1. The molecule has 0 N–H and O–H groups in total. The molecular weight excluding hydrogens is 456 g/mol. The smallest absolute Gasteiger partial charge is 0.271 e. The number of thiazole rings is 1. The quantitative estimate of drug-likeness (QED) is 0.437. The summed E-state index contributed by atoms with van der Waals surface area (Å²) < 4.78 is 13.4. The first-order valence-corrected chi connectivity index (χ1v) is 12.4. The number of nitrogens with zero attached hydrogens (tertiary/aromatic N) is 2. The standard InChI is InChI=1S/C29H24N2O3S/c1-33-21-14-11-19(12-15-21)27-23-16-13-18-7-3-5-9-22(18)26(23)30-29-31(27)28(32)25(35-29)17-20-8-4-6-10-24(20)34-2/h3-12,14-15,17,27H,13,16H2,1-2H3/b25-17-/t27-/m0/s1. The first kappa shape index (κ1) is 21.6. The average Bonchev–Trinajstić information content (AvgIpc) is 3.22. The second kappa shape index (κ2) is 8.71. The molecule has 3 aromatic carbocycles. The van der Waals surface area contributed by atoms with Crippen molar-refractivity contribution in [2.45, 2.75) is 18.9 Å². The van der Waals surface area contributed by atoms with Crippen molar-refractivity contribution in [1.29, 1.82) is 0 Å². The lowest BCUT2D eigenvalue weighted by molar-refractivity contribution is 0.414. The highest BCUT2D eigenvalue weighted by molar-refractivity contribution is 7.07. The summed E-state index contributed by atoms with van der Waals surface area (Å²) in [5, 5.41) is 0. The Hall–Kier alpha value is -3.90. The van der Waals surface area contributed by atoms with E-state index in [-0.39, 0.29) is 11.6 Å². The Bertz CT molecular complexity index is 1640. The lowest BCUT2D eigenvalue weighted by atomic mass is 9.83. The summed E-state index contributed by atoms with van der Waals surface area (Å²) in [6.45, 7) is 0. The number of fused-ring (bicyclic) bond motifs is 3. The molecule has 174 valence electrons. The van der Waals surface area contributed by atoms with Gasteiger partial charge in [0, 0.05) is 11.1 Å². The number of hydrogen-bond acceptors (Lipinski definition) is 5. The van der Waals surface area contributed by atoms with Gasteiger partial charge >= 0.3 is 0 Å². The average molecular weight is 481 g/mol. The molecule has 6 rings (SSSR count). The zero-order chi connectivity index (χ0) is 23.9. The number of benzene rings is 3. The number of aromatic nitrogens is 1. The Morgan fingerprint density at radius 1 is 0.943 bits per heavy atom. The third-order valence-corrected chi connectivity index (χ3v) is 7.71. The van der Waals surface area contributed by atoms with E-state index in [1.807, 2.05) is 47.0 Å². The van der Waals surface area contributed by atoms with E-state index in [0.717, 1.165) is 46.7 Å². The van der Waals surface area contributed by atoms with Gasteiger partial charge in [-0.25, -0.2) is 4.99 Å². The molecular formula is C29H24N2O3S. The Morgan fingerprint density at radius 3 is 2.51 bits per heavy atom. The maximum atomic E-state index is 13.8. The first-order chi connectivity index (χ1) is 17.2. The molecule has 0 saturated carbocycles. The molecule has 4 aromatic rings. The molecule has 0 amide bonds. The fraction of sp³-hybridized carbons (Fsp3) is 0.172. The van der Waals surface area contributed by atoms with Crippen LogP contribution in [0.4, 0.5) is 0 Å². The van der Waals surface area contributed by atoms with Gasteiger partial charge in [0.05, 0.1) is 30.5 Å². The summed E-state index contributed by atoms with van der Waals surface area (Å²) in [6.07, 6.45) is 3.70. The molecule has 0 fully saturated rings. The number of methoxy groups -OCH3 is 2. The van der Waals surface area contributed by atoms with E-state index in [9.17, 15) is 4.79 Å². The number of rotatable bonds is 4. The summed E-state index contributed by atoms with van der Waals surface area (Å²) in [6, 6.07) is 24.0. The fourth-order valence-corrected chi connectivity index (χ4v) is 6.03. The van der Waals surface area contributed by atoms with E-state index in [2.05, 4.69) is 36.4 Å². The normalized spacial score (nSPS) is 16.7. The molecule has 1 aliphatic carbocycles. The van der Waals surface area contributed by atoms with Crippen LogP contribution in [0.3, 0.4) is 0 Å². The number of hydrogen-bond donors (Lipinski definition) is 0. The van der Waals surface area contributed by atoms with Crippen LogP contribution in [-0.4, -0.2) is 18.8 Å². The maximum absolute atomic E-state index is 13.8. The zero-order valence-electron chi connectivity index (χ0n) is 19.5. The third kappa shape index (κ3) is 3.61. The van der Waals surface area contributed by atoms with Gasteiger partial charge in [-0.1, -0.05) is 65.9 Å². The summed E-state index contributed by atoms with van der Waals surface area (Å²) in [5.41, 5.74) is 6.54. The van der Waals surface area contributed by atoms with Crippen LogP contribution in [0.2, 0.25) is 0 Å². The second-order valence-corrected chi connectivity index (χ2v) is 9.64. The minimum absolute atomic E-state index is 0.0362. The highest BCUT2D eigenvalue weighted by Crippen LogP contribution is 2.41. The van der Waals surface area contributed by atoms with Crippen LogP contribution in [0.5, 0.6) is 11.5 Å². The predicted molar refractivity (Wildman–Crippen MR) is 139 cm³/mol. The second-order valence-electron chi connectivity index (χ2n) is 8.63. The van der Waals surface area contributed by atoms with Gasteiger partial charge in [-0.05, 0) is 53.8 Å². The Labute approximate surface area is 206 Å². The number of para-hydroxylation sites is 1. The molecule has 1 atom stereocenters. The molecule has 2 aliphatic rings. The highest BCUT2D eigenvalue weighted by Gasteiger charge is 2.32. The third-order valence-electron chi connectivity index (χ3n) is 6.73. The Morgan fingerprint density at radius 2 is 1.71 bits per heavy atom. The molecule has 2 heterocycles. The number of aryl methyl sites for hydroxylation is 1. The molecule has 1 aromatic heterocycles. The van der Waals surface area contributed by atoms with Gasteiger partial charge in [0.1, 0.15) is 11.5 Å². The molecule has 0 spiro atoms. The van der Waals surface area contributed by atoms with Crippen LogP contribution >= 0.6 is 11.3 Å². The summed E-state index contributed by atoms with van der Waals surface area (Å²) in [7, 11) is 3.30. The van der Waals surface area contributed by atoms with E-state index in [1.165, 1.54) is 22.5 Å². The van der Waals surface area contributed by atoms with Crippen molar-refractivity contribution in [3.05, 3.63) is 120 Å².